The number of rotatable bonds is 0. The Morgan fingerprint density at radius 2 is 1.43 bits per heavy atom. The molecule has 4 nitrogen and oxygen atoms in total. The predicted molar refractivity (Wildman–Crippen MR) is 15.7 cm³/mol. The van der Waals surface area contributed by atoms with E-state index in [0.29, 0.717) is 0 Å². The second-order valence-corrected chi connectivity index (χ2v) is 1.54. The molecule has 0 aromatic carbocycles. The Kier molecular flexibility index (Phi) is 11.2. The molecule has 7 heavy (non-hydrogen) atoms. The molecule has 0 bridgehead atoms. The predicted octanol–water partition coefficient (Wildman–Crippen LogP) is -1.26. The van der Waals surface area contributed by atoms with Crippen molar-refractivity contribution in [1.82, 2.24) is 0 Å². The van der Waals surface area contributed by atoms with Crippen molar-refractivity contribution in [2.24, 2.45) is 5.14 Å². The van der Waals surface area contributed by atoms with Gasteiger partial charge in [-0.1, -0.05) is 0 Å². The normalized spacial score (nSPS) is 8.29. The molecule has 0 unspecified atom stereocenters. The van der Waals surface area contributed by atoms with Crippen LogP contribution in [0.4, 0.5) is 0 Å². The van der Waals surface area contributed by atoms with E-state index in [0.717, 1.165) is 0 Å². The molecule has 0 aromatic rings. The maximum absolute atomic E-state index is 8.97. The van der Waals surface area contributed by atoms with Gasteiger partial charge in [0.25, 0.3) is 0 Å². The molecule has 0 aromatic heterocycles. The zero-order chi connectivity index (χ0) is 4.50. The van der Waals surface area contributed by atoms with Crippen LogP contribution in [0.15, 0.2) is 0 Å². The second-order valence-electron chi connectivity index (χ2n) is 0.515. The molecule has 0 aliphatic carbocycles. The number of nitrogens with two attached hydrogens (primary N) is 1. The average Bonchev–Trinajstić information content (AvgIpc) is 0.722. The molecular weight excluding hydrogens is 212 g/mol. The van der Waals surface area contributed by atoms with Crippen LogP contribution in [0.2, 0.25) is 0 Å². The molecule has 0 aliphatic heterocycles. The van der Waals surface area contributed by atoms with Crippen LogP contribution in [-0.2, 0) is 43.6 Å². The van der Waals surface area contributed by atoms with E-state index in [1.54, 1.807) is 0 Å². The van der Waals surface area contributed by atoms with Crippen molar-refractivity contribution in [2.45, 2.75) is 0 Å². The summed E-state index contributed by atoms with van der Waals surface area (Å²) in [6.07, 6.45) is 0. The van der Waals surface area contributed by atoms with E-state index in [2.05, 4.69) is 5.14 Å². The van der Waals surface area contributed by atoms with Gasteiger partial charge in [-0.25, -0.2) is 5.14 Å². The summed E-state index contributed by atoms with van der Waals surface area (Å²) >= 11 is 0. The maximum Gasteiger partial charge on any atom is 0.330 e. The Balaban J connectivity index is -0.0000000800. The SMILES string of the molecule is NS(=O)(=O)O.[Co].[Ni]. The Bertz CT molecular complexity index is 98.1. The molecule has 0 heterocycles. The van der Waals surface area contributed by atoms with Gasteiger partial charge < -0.3 is 0 Å². The third kappa shape index (κ3) is 215. The summed E-state index contributed by atoms with van der Waals surface area (Å²) in [6, 6.07) is 0. The fourth-order valence-electron chi connectivity index (χ4n) is 0. The molecule has 0 fully saturated rings. The van der Waals surface area contributed by atoms with E-state index in [9.17, 15) is 0 Å². The molecule has 1 radical (unpaired) electrons. The van der Waals surface area contributed by atoms with Crippen molar-refractivity contribution >= 4 is 10.3 Å². The standard InChI is InChI=1S/Co.H3NO3S.Ni/c;1-5(2,3)4;/h;(H3,1,2,3,4);. The molecule has 0 saturated carbocycles. The second kappa shape index (κ2) is 5.02. The first-order valence-electron chi connectivity index (χ1n) is 0.752. The van der Waals surface area contributed by atoms with Gasteiger partial charge in [-0.15, -0.1) is 0 Å². The van der Waals surface area contributed by atoms with Gasteiger partial charge >= 0.3 is 10.3 Å². The van der Waals surface area contributed by atoms with Crippen LogP contribution in [0.3, 0.4) is 0 Å². The zero-order valence-electron chi connectivity index (χ0n) is 2.90. The van der Waals surface area contributed by atoms with Gasteiger partial charge in [0.05, 0.1) is 0 Å². The molecule has 0 atom stereocenters. The first-order valence-corrected chi connectivity index (χ1v) is 2.25. The molecule has 7 heteroatoms. The van der Waals surface area contributed by atoms with Gasteiger partial charge in [-0.05, 0) is 0 Å². The molecule has 0 spiro atoms. The minimum Gasteiger partial charge on any atom is -0.274 e. The van der Waals surface area contributed by atoms with E-state index >= 15 is 0 Å². The van der Waals surface area contributed by atoms with Gasteiger partial charge in [-0.3, -0.25) is 4.55 Å². The smallest absolute Gasteiger partial charge is 0.274 e. The summed E-state index contributed by atoms with van der Waals surface area (Å²) in [7, 11) is -4.17. The van der Waals surface area contributed by atoms with E-state index < -0.39 is 10.3 Å². The van der Waals surface area contributed by atoms with Crippen LogP contribution in [0, 0.1) is 0 Å². The first-order chi connectivity index (χ1) is 2.00. The third-order valence-electron chi connectivity index (χ3n) is 0. The Labute approximate surface area is 61.8 Å². The zero-order valence-corrected chi connectivity index (χ0v) is 5.74. The molecule has 51 valence electrons. The van der Waals surface area contributed by atoms with E-state index in [4.69, 9.17) is 13.0 Å². The van der Waals surface area contributed by atoms with Crippen molar-refractivity contribution in [3.05, 3.63) is 0 Å². The largest absolute Gasteiger partial charge is 0.330 e. The fraction of sp³-hybridized carbons (Fsp3) is 0. The quantitative estimate of drug-likeness (QED) is 0.390. The van der Waals surface area contributed by atoms with Crippen molar-refractivity contribution in [3.8, 4) is 0 Å². The Morgan fingerprint density at radius 1 is 1.43 bits per heavy atom. The summed E-state index contributed by atoms with van der Waals surface area (Å²) < 4.78 is 25.2. The van der Waals surface area contributed by atoms with Gasteiger partial charge in [0.1, 0.15) is 0 Å². The third-order valence-corrected chi connectivity index (χ3v) is 0. The van der Waals surface area contributed by atoms with Crippen LogP contribution in [-0.4, -0.2) is 13.0 Å². The Hall–Kier alpha value is 0.870. The van der Waals surface area contributed by atoms with Gasteiger partial charge in [0.15, 0.2) is 0 Å². The average molecular weight is 215 g/mol. The van der Waals surface area contributed by atoms with Crippen molar-refractivity contribution < 1.29 is 46.2 Å². The summed E-state index contributed by atoms with van der Waals surface area (Å²) in [4.78, 5) is 0. The minimum atomic E-state index is -4.17. The minimum absolute atomic E-state index is 0. The molecule has 0 aliphatic rings. The van der Waals surface area contributed by atoms with Crippen molar-refractivity contribution in [2.75, 3.05) is 0 Å². The molecule has 0 saturated heterocycles. The van der Waals surface area contributed by atoms with Gasteiger partial charge in [-0.2, -0.15) is 8.42 Å². The molecule has 0 rings (SSSR count). The van der Waals surface area contributed by atoms with Crippen molar-refractivity contribution in [3.63, 3.8) is 0 Å². The summed E-state index contributed by atoms with van der Waals surface area (Å²) in [5.41, 5.74) is 0. The Morgan fingerprint density at radius 3 is 1.43 bits per heavy atom. The monoisotopic (exact) mass is 214 g/mol. The number of hydrogen-bond acceptors (Lipinski definition) is 2. The maximum atomic E-state index is 8.97. The van der Waals surface area contributed by atoms with Crippen LogP contribution in [0.25, 0.3) is 0 Å². The topological polar surface area (TPSA) is 80.4 Å². The molecule has 0 amide bonds. The van der Waals surface area contributed by atoms with Crippen LogP contribution < -0.4 is 5.14 Å². The van der Waals surface area contributed by atoms with E-state index in [-0.39, 0.29) is 33.3 Å². The van der Waals surface area contributed by atoms with Crippen LogP contribution in [0.5, 0.6) is 0 Å². The van der Waals surface area contributed by atoms with Crippen molar-refractivity contribution in [1.29, 1.82) is 0 Å². The van der Waals surface area contributed by atoms with Crippen LogP contribution >= 0.6 is 0 Å². The van der Waals surface area contributed by atoms with E-state index in [1.807, 2.05) is 0 Å². The summed E-state index contributed by atoms with van der Waals surface area (Å²) in [6.45, 7) is 0. The number of hydrogen-bond donors (Lipinski definition) is 2. The van der Waals surface area contributed by atoms with Gasteiger partial charge in [0, 0.05) is 33.3 Å². The molecular formula is H3CoNNiO3S. The molecule has 3 N–H and O–H groups in total. The first kappa shape index (κ1) is 15.7. The summed E-state index contributed by atoms with van der Waals surface area (Å²) in [5.74, 6) is 0. The van der Waals surface area contributed by atoms with Gasteiger partial charge in [0.2, 0.25) is 0 Å². The van der Waals surface area contributed by atoms with Crippen LogP contribution in [0.1, 0.15) is 0 Å². The fourth-order valence-corrected chi connectivity index (χ4v) is 0. The van der Waals surface area contributed by atoms with E-state index in [1.165, 1.54) is 0 Å². The summed E-state index contributed by atoms with van der Waals surface area (Å²) in [5, 5.41) is 3.88.